The van der Waals surface area contributed by atoms with Gasteiger partial charge in [0.15, 0.2) is 5.57 Å². The molecule has 5 nitrogen and oxygen atoms in total. The molecule has 20 heavy (non-hydrogen) atoms. The van der Waals surface area contributed by atoms with Gasteiger partial charge in [-0.3, -0.25) is 0 Å². The van der Waals surface area contributed by atoms with E-state index in [0.717, 1.165) is 0 Å². The molecule has 0 spiro atoms. The molecule has 1 N–H and O–H groups in total. The average Bonchev–Trinajstić information content (AvgIpc) is 2.24. The van der Waals surface area contributed by atoms with Crippen molar-refractivity contribution in [1.82, 2.24) is 0 Å². The third kappa shape index (κ3) is 3.43. The van der Waals surface area contributed by atoms with Crippen LogP contribution in [0.4, 0.5) is 5.69 Å². The molecule has 0 radical (unpaired) electrons. The molecule has 1 heterocycles. The Hall–Kier alpha value is -1.72. The van der Waals surface area contributed by atoms with Crippen molar-refractivity contribution in [2.24, 2.45) is 0 Å². The first-order valence-corrected chi connectivity index (χ1v) is 6.42. The predicted octanol–water partition coefficient (Wildman–Crippen LogP) is 3.13. The number of hydrogen-bond donors (Lipinski definition) is 1. The van der Waals surface area contributed by atoms with Gasteiger partial charge in [-0.1, -0.05) is 23.2 Å². The SMILES string of the molecule is CC1(C)OC(=O)C(=CNc2cc(Cl)cc(Cl)c2)C(=O)O1. The van der Waals surface area contributed by atoms with Crippen LogP contribution in [0.5, 0.6) is 0 Å². The Morgan fingerprint density at radius 3 is 2.05 bits per heavy atom. The van der Waals surface area contributed by atoms with Gasteiger partial charge in [0.25, 0.3) is 5.79 Å². The van der Waals surface area contributed by atoms with Crippen molar-refractivity contribution >= 4 is 40.8 Å². The number of carbonyl (C=O) groups excluding carboxylic acids is 2. The quantitative estimate of drug-likeness (QED) is 0.516. The van der Waals surface area contributed by atoms with Crippen LogP contribution in [0.3, 0.4) is 0 Å². The van der Waals surface area contributed by atoms with Crippen molar-refractivity contribution in [3.05, 3.63) is 40.0 Å². The molecule has 0 bridgehead atoms. The minimum absolute atomic E-state index is 0.236. The number of anilines is 1. The Morgan fingerprint density at radius 2 is 1.55 bits per heavy atom. The lowest BCUT2D eigenvalue weighted by Gasteiger charge is -2.29. The topological polar surface area (TPSA) is 64.6 Å². The third-order valence-electron chi connectivity index (χ3n) is 2.36. The number of hydrogen-bond acceptors (Lipinski definition) is 5. The average molecular weight is 316 g/mol. The molecule has 0 amide bonds. The van der Waals surface area contributed by atoms with Crippen LogP contribution >= 0.6 is 23.2 Å². The van der Waals surface area contributed by atoms with Crippen LogP contribution in [0.15, 0.2) is 30.0 Å². The summed E-state index contributed by atoms with van der Waals surface area (Å²) in [6.45, 7) is 2.95. The first-order valence-electron chi connectivity index (χ1n) is 5.66. The highest BCUT2D eigenvalue weighted by molar-refractivity contribution is 6.35. The van der Waals surface area contributed by atoms with Crippen LogP contribution in [0.25, 0.3) is 0 Å². The molecule has 1 saturated heterocycles. The molecule has 0 unspecified atom stereocenters. The van der Waals surface area contributed by atoms with E-state index in [1.807, 2.05) is 0 Å². The summed E-state index contributed by atoms with van der Waals surface area (Å²) in [6.07, 6.45) is 1.20. The maximum absolute atomic E-state index is 11.7. The molecule has 0 atom stereocenters. The zero-order valence-electron chi connectivity index (χ0n) is 10.7. The number of esters is 2. The van der Waals surface area contributed by atoms with E-state index in [1.165, 1.54) is 20.0 Å². The van der Waals surface area contributed by atoms with E-state index >= 15 is 0 Å². The summed E-state index contributed by atoms with van der Waals surface area (Å²) in [6, 6.07) is 4.74. The standard InChI is InChI=1S/C13H11Cl2NO4/c1-13(2)19-11(17)10(12(18)20-13)6-16-9-4-7(14)3-8(15)5-9/h3-6,16H,1-2H3. The van der Waals surface area contributed by atoms with Crippen molar-refractivity contribution < 1.29 is 19.1 Å². The van der Waals surface area contributed by atoms with E-state index in [0.29, 0.717) is 15.7 Å². The molecule has 0 aromatic heterocycles. The molecule has 0 saturated carbocycles. The molecule has 2 rings (SSSR count). The normalized spacial score (nSPS) is 17.3. The third-order valence-corrected chi connectivity index (χ3v) is 2.80. The van der Waals surface area contributed by atoms with Gasteiger partial charge in [-0.05, 0) is 18.2 Å². The minimum atomic E-state index is -1.26. The second-order valence-corrected chi connectivity index (χ2v) is 5.41. The summed E-state index contributed by atoms with van der Waals surface area (Å²) < 4.78 is 9.90. The molecule has 7 heteroatoms. The molecular weight excluding hydrogens is 305 g/mol. The molecule has 1 aromatic rings. The van der Waals surface area contributed by atoms with Crippen molar-refractivity contribution in [1.29, 1.82) is 0 Å². The fourth-order valence-electron chi connectivity index (χ4n) is 1.57. The smallest absolute Gasteiger partial charge is 0.350 e. The number of cyclic esters (lactones) is 2. The number of nitrogens with one attached hydrogen (secondary N) is 1. The van der Waals surface area contributed by atoms with Crippen LogP contribution in [0.2, 0.25) is 10.0 Å². The summed E-state index contributed by atoms with van der Waals surface area (Å²) in [5.74, 6) is -2.77. The number of rotatable bonds is 2. The number of carbonyl (C=O) groups is 2. The largest absolute Gasteiger partial charge is 0.419 e. The maximum atomic E-state index is 11.7. The molecule has 1 aromatic carbocycles. The Morgan fingerprint density at radius 1 is 1.05 bits per heavy atom. The molecule has 1 aliphatic heterocycles. The van der Waals surface area contributed by atoms with E-state index < -0.39 is 17.7 Å². The fourth-order valence-corrected chi connectivity index (χ4v) is 2.10. The van der Waals surface area contributed by atoms with Crippen LogP contribution < -0.4 is 5.32 Å². The number of benzene rings is 1. The summed E-state index contributed by atoms with van der Waals surface area (Å²) in [7, 11) is 0. The Labute approximate surface area is 125 Å². The summed E-state index contributed by atoms with van der Waals surface area (Å²) in [4.78, 5) is 23.4. The second-order valence-electron chi connectivity index (χ2n) is 4.54. The van der Waals surface area contributed by atoms with Gasteiger partial charge in [-0.25, -0.2) is 9.59 Å². The molecule has 106 valence electrons. The van der Waals surface area contributed by atoms with Crippen molar-refractivity contribution in [3.63, 3.8) is 0 Å². The molecule has 0 aliphatic carbocycles. The zero-order chi connectivity index (χ0) is 14.9. The lowest BCUT2D eigenvalue weighted by atomic mass is 10.2. The highest BCUT2D eigenvalue weighted by atomic mass is 35.5. The Kier molecular flexibility index (Phi) is 3.92. The van der Waals surface area contributed by atoms with Crippen LogP contribution in [-0.4, -0.2) is 17.7 Å². The molecule has 1 fully saturated rings. The van der Waals surface area contributed by atoms with Crippen LogP contribution in [0, 0.1) is 0 Å². The zero-order valence-corrected chi connectivity index (χ0v) is 12.2. The van der Waals surface area contributed by atoms with Gasteiger partial charge in [0, 0.05) is 35.8 Å². The number of ether oxygens (including phenoxy) is 2. The molecule has 1 aliphatic rings. The summed E-state index contributed by atoms with van der Waals surface area (Å²) in [5, 5.41) is 3.60. The Bertz CT molecular complexity index is 568. The highest BCUT2D eigenvalue weighted by Gasteiger charge is 2.38. The van der Waals surface area contributed by atoms with Gasteiger partial charge in [0.05, 0.1) is 0 Å². The van der Waals surface area contributed by atoms with E-state index in [9.17, 15) is 9.59 Å². The lowest BCUT2D eigenvalue weighted by Crippen LogP contribution is -2.42. The molecular formula is C13H11Cl2NO4. The van der Waals surface area contributed by atoms with Gasteiger partial charge in [0.1, 0.15) is 0 Å². The minimum Gasteiger partial charge on any atom is -0.419 e. The fraction of sp³-hybridized carbons (Fsp3) is 0.231. The van der Waals surface area contributed by atoms with Gasteiger partial charge in [-0.2, -0.15) is 0 Å². The van der Waals surface area contributed by atoms with Crippen LogP contribution in [0.1, 0.15) is 13.8 Å². The van der Waals surface area contributed by atoms with E-state index in [1.54, 1.807) is 18.2 Å². The van der Waals surface area contributed by atoms with Crippen LogP contribution in [-0.2, 0) is 19.1 Å². The first-order chi connectivity index (χ1) is 9.27. The van der Waals surface area contributed by atoms with E-state index in [4.69, 9.17) is 32.7 Å². The lowest BCUT2D eigenvalue weighted by molar-refractivity contribution is -0.222. The Balaban J connectivity index is 2.19. The van der Waals surface area contributed by atoms with Crippen molar-refractivity contribution in [2.75, 3.05) is 5.32 Å². The van der Waals surface area contributed by atoms with Crippen molar-refractivity contribution in [3.8, 4) is 0 Å². The van der Waals surface area contributed by atoms with E-state index in [2.05, 4.69) is 5.32 Å². The summed E-state index contributed by atoms with van der Waals surface area (Å²) >= 11 is 11.7. The maximum Gasteiger partial charge on any atom is 0.350 e. The second kappa shape index (κ2) is 5.34. The monoisotopic (exact) mass is 315 g/mol. The summed E-state index contributed by atoms with van der Waals surface area (Å²) in [5.41, 5.74) is 0.292. The predicted molar refractivity (Wildman–Crippen MR) is 74.4 cm³/mol. The van der Waals surface area contributed by atoms with Crippen molar-refractivity contribution in [2.45, 2.75) is 19.6 Å². The first kappa shape index (κ1) is 14.7. The van der Waals surface area contributed by atoms with Gasteiger partial charge >= 0.3 is 11.9 Å². The highest BCUT2D eigenvalue weighted by Crippen LogP contribution is 2.25. The van der Waals surface area contributed by atoms with Gasteiger partial charge in [-0.15, -0.1) is 0 Å². The van der Waals surface area contributed by atoms with Gasteiger partial charge in [0.2, 0.25) is 0 Å². The number of halogens is 2. The van der Waals surface area contributed by atoms with E-state index in [-0.39, 0.29) is 5.57 Å². The van der Waals surface area contributed by atoms with Gasteiger partial charge < -0.3 is 14.8 Å².